The van der Waals surface area contributed by atoms with Crippen LogP contribution in [0.2, 0.25) is 0 Å². The number of benzene rings is 1. The lowest BCUT2D eigenvalue weighted by Crippen LogP contribution is -2.37. The highest BCUT2D eigenvalue weighted by molar-refractivity contribution is 5.92. The average Bonchev–Trinajstić information content (AvgIpc) is 3.18. The molecule has 3 heterocycles. The molecule has 1 N–H and O–H groups in total. The van der Waals surface area contributed by atoms with E-state index in [4.69, 9.17) is 0 Å². The standard InChI is InChI=1S/C21H24N6O3/c1-15-17(7-4-8-18(15)27(29)30)22-20(28)10-13-25-11-5-6-16(14-25)21-24-23-19-9-2-3-12-26(19)21/h2-4,7-9,12,16H,5-6,10-11,13-14H2,1H3,(H,22,28)/t16-/m0/s1. The number of carbonyl (C=O) groups excluding carboxylic acids is 1. The Morgan fingerprint density at radius 2 is 2.13 bits per heavy atom. The van der Waals surface area contributed by atoms with E-state index in [9.17, 15) is 14.9 Å². The first-order valence-corrected chi connectivity index (χ1v) is 10.1. The molecule has 0 radical (unpaired) electrons. The third-order valence-electron chi connectivity index (χ3n) is 5.64. The molecule has 1 atom stereocenters. The van der Waals surface area contributed by atoms with Gasteiger partial charge in [-0.15, -0.1) is 10.2 Å². The number of nitro benzene ring substituents is 1. The van der Waals surface area contributed by atoms with Gasteiger partial charge in [0.15, 0.2) is 5.65 Å². The number of likely N-dealkylation sites (tertiary alicyclic amines) is 1. The first kappa shape index (κ1) is 20.0. The molecule has 1 aromatic carbocycles. The minimum Gasteiger partial charge on any atom is -0.326 e. The Labute approximate surface area is 173 Å². The number of nitro groups is 1. The molecule has 30 heavy (non-hydrogen) atoms. The van der Waals surface area contributed by atoms with Crippen LogP contribution in [-0.4, -0.2) is 50.0 Å². The third kappa shape index (κ3) is 4.16. The zero-order valence-corrected chi connectivity index (χ0v) is 16.8. The number of nitrogens with zero attached hydrogens (tertiary/aromatic N) is 5. The van der Waals surface area contributed by atoms with E-state index in [1.165, 1.54) is 6.07 Å². The highest BCUT2D eigenvalue weighted by atomic mass is 16.6. The van der Waals surface area contributed by atoms with E-state index in [2.05, 4.69) is 20.4 Å². The topological polar surface area (TPSA) is 106 Å². The van der Waals surface area contributed by atoms with Gasteiger partial charge in [0.1, 0.15) is 5.82 Å². The number of anilines is 1. The number of nitrogens with one attached hydrogen (secondary N) is 1. The maximum absolute atomic E-state index is 12.4. The second-order valence-electron chi connectivity index (χ2n) is 7.63. The number of fused-ring (bicyclic) bond motifs is 1. The van der Waals surface area contributed by atoms with Gasteiger partial charge in [-0.3, -0.25) is 19.3 Å². The fraction of sp³-hybridized carbons (Fsp3) is 0.381. The predicted molar refractivity (Wildman–Crippen MR) is 112 cm³/mol. The average molecular weight is 408 g/mol. The van der Waals surface area contributed by atoms with Crippen molar-refractivity contribution in [1.82, 2.24) is 19.5 Å². The van der Waals surface area contributed by atoms with Gasteiger partial charge in [0.05, 0.1) is 16.2 Å². The van der Waals surface area contributed by atoms with Gasteiger partial charge in [-0.2, -0.15) is 0 Å². The van der Waals surface area contributed by atoms with Gasteiger partial charge in [-0.25, -0.2) is 0 Å². The van der Waals surface area contributed by atoms with E-state index < -0.39 is 4.92 Å². The summed E-state index contributed by atoms with van der Waals surface area (Å²) in [6, 6.07) is 10.6. The van der Waals surface area contributed by atoms with E-state index in [0.717, 1.165) is 37.4 Å². The Kier molecular flexibility index (Phi) is 5.71. The van der Waals surface area contributed by atoms with Gasteiger partial charge in [-0.05, 0) is 44.5 Å². The second-order valence-corrected chi connectivity index (χ2v) is 7.63. The van der Waals surface area contributed by atoms with Crippen molar-refractivity contribution >= 4 is 22.9 Å². The number of hydrogen-bond acceptors (Lipinski definition) is 6. The van der Waals surface area contributed by atoms with Crippen molar-refractivity contribution in [2.45, 2.75) is 32.1 Å². The summed E-state index contributed by atoms with van der Waals surface area (Å²) in [6.07, 6.45) is 4.40. The smallest absolute Gasteiger partial charge is 0.274 e. The minimum absolute atomic E-state index is 0.00667. The number of rotatable bonds is 6. The molecule has 3 aromatic rings. The molecular formula is C21H24N6O3. The summed E-state index contributed by atoms with van der Waals surface area (Å²) in [5, 5.41) is 22.5. The zero-order chi connectivity index (χ0) is 21.1. The number of carbonyl (C=O) groups is 1. The Morgan fingerprint density at radius 1 is 1.27 bits per heavy atom. The summed E-state index contributed by atoms with van der Waals surface area (Å²) in [6.45, 7) is 4.05. The van der Waals surface area contributed by atoms with Crippen molar-refractivity contribution in [3.63, 3.8) is 0 Å². The van der Waals surface area contributed by atoms with E-state index in [1.807, 2.05) is 28.8 Å². The van der Waals surface area contributed by atoms with E-state index >= 15 is 0 Å². The van der Waals surface area contributed by atoms with Crippen LogP contribution in [0.4, 0.5) is 11.4 Å². The van der Waals surface area contributed by atoms with Crippen LogP contribution < -0.4 is 5.32 Å². The van der Waals surface area contributed by atoms with Crippen LogP contribution in [0.3, 0.4) is 0 Å². The Morgan fingerprint density at radius 3 is 2.97 bits per heavy atom. The molecule has 4 rings (SSSR count). The lowest BCUT2D eigenvalue weighted by Gasteiger charge is -2.31. The lowest BCUT2D eigenvalue weighted by atomic mass is 9.97. The van der Waals surface area contributed by atoms with E-state index in [1.54, 1.807) is 19.1 Å². The van der Waals surface area contributed by atoms with Crippen molar-refractivity contribution in [3.8, 4) is 0 Å². The molecule has 1 fully saturated rings. The number of pyridine rings is 1. The number of piperidine rings is 1. The van der Waals surface area contributed by atoms with Crippen LogP contribution in [0.15, 0.2) is 42.6 Å². The minimum atomic E-state index is -0.437. The van der Waals surface area contributed by atoms with Gasteiger partial charge in [0.2, 0.25) is 5.91 Å². The van der Waals surface area contributed by atoms with Crippen molar-refractivity contribution in [3.05, 3.63) is 64.1 Å². The molecule has 1 amide bonds. The van der Waals surface area contributed by atoms with Crippen LogP contribution in [-0.2, 0) is 4.79 Å². The molecule has 9 nitrogen and oxygen atoms in total. The largest absolute Gasteiger partial charge is 0.326 e. The summed E-state index contributed by atoms with van der Waals surface area (Å²) in [5.41, 5.74) is 1.80. The molecule has 0 aliphatic carbocycles. The Balaban J connectivity index is 1.35. The Hall–Kier alpha value is -3.33. The molecule has 9 heteroatoms. The molecule has 0 spiro atoms. The van der Waals surface area contributed by atoms with Crippen LogP contribution >= 0.6 is 0 Å². The maximum Gasteiger partial charge on any atom is 0.274 e. The Bertz CT molecular complexity index is 1080. The predicted octanol–water partition coefficient (Wildman–Crippen LogP) is 3.15. The zero-order valence-electron chi connectivity index (χ0n) is 16.8. The summed E-state index contributed by atoms with van der Waals surface area (Å²) >= 11 is 0. The molecule has 0 bridgehead atoms. The van der Waals surface area contributed by atoms with Crippen molar-refractivity contribution < 1.29 is 9.72 Å². The van der Waals surface area contributed by atoms with Crippen LogP contribution in [0, 0.1) is 17.0 Å². The number of amides is 1. The van der Waals surface area contributed by atoms with E-state index in [-0.39, 0.29) is 17.5 Å². The second kappa shape index (κ2) is 8.58. The highest BCUT2D eigenvalue weighted by Gasteiger charge is 2.25. The number of aromatic nitrogens is 3. The van der Waals surface area contributed by atoms with Gasteiger partial charge in [-0.1, -0.05) is 12.1 Å². The quantitative estimate of drug-likeness (QED) is 0.496. The van der Waals surface area contributed by atoms with Crippen LogP contribution in [0.5, 0.6) is 0 Å². The van der Waals surface area contributed by atoms with Crippen LogP contribution in [0.1, 0.15) is 36.6 Å². The molecule has 1 saturated heterocycles. The van der Waals surface area contributed by atoms with Gasteiger partial charge in [0.25, 0.3) is 5.69 Å². The molecule has 1 aliphatic heterocycles. The van der Waals surface area contributed by atoms with Gasteiger partial charge < -0.3 is 10.2 Å². The summed E-state index contributed by atoms with van der Waals surface area (Å²) < 4.78 is 2.03. The number of hydrogen-bond donors (Lipinski definition) is 1. The SMILES string of the molecule is Cc1c(NC(=O)CCN2CCC[C@H](c3nnc4ccccn34)C2)cccc1[N+](=O)[O-]. The van der Waals surface area contributed by atoms with Crippen molar-refractivity contribution in [1.29, 1.82) is 0 Å². The van der Waals surface area contributed by atoms with Gasteiger partial charge >= 0.3 is 0 Å². The van der Waals surface area contributed by atoms with Gasteiger partial charge in [0, 0.05) is 37.7 Å². The molecular weight excluding hydrogens is 384 g/mol. The third-order valence-corrected chi connectivity index (χ3v) is 5.64. The molecule has 1 aliphatic rings. The highest BCUT2D eigenvalue weighted by Crippen LogP contribution is 2.27. The maximum atomic E-state index is 12.4. The molecule has 0 saturated carbocycles. The van der Waals surface area contributed by atoms with E-state index in [0.29, 0.717) is 24.2 Å². The normalized spacial score (nSPS) is 17.2. The summed E-state index contributed by atoms with van der Waals surface area (Å²) in [5.74, 6) is 1.10. The molecule has 2 aromatic heterocycles. The molecule has 0 unspecified atom stereocenters. The fourth-order valence-electron chi connectivity index (χ4n) is 4.04. The van der Waals surface area contributed by atoms with Crippen LogP contribution in [0.25, 0.3) is 5.65 Å². The van der Waals surface area contributed by atoms with Crippen molar-refractivity contribution in [2.75, 3.05) is 25.0 Å². The first-order chi connectivity index (χ1) is 14.5. The lowest BCUT2D eigenvalue weighted by molar-refractivity contribution is -0.385. The molecule has 156 valence electrons. The summed E-state index contributed by atoms with van der Waals surface area (Å²) in [7, 11) is 0. The summed E-state index contributed by atoms with van der Waals surface area (Å²) in [4.78, 5) is 25.4. The van der Waals surface area contributed by atoms with Crippen molar-refractivity contribution in [2.24, 2.45) is 0 Å². The first-order valence-electron chi connectivity index (χ1n) is 10.1. The monoisotopic (exact) mass is 408 g/mol. The fourth-order valence-corrected chi connectivity index (χ4v) is 4.04.